The van der Waals surface area contributed by atoms with Crippen molar-refractivity contribution in [3.63, 3.8) is 0 Å². The van der Waals surface area contributed by atoms with Crippen LogP contribution in [0.1, 0.15) is 15.9 Å². The number of hydrogen-bond donors (Lipinski definition) is 2. The normalized spacial score (nSPS) is 10.5. The highest BCUT2D eigenvalue weighted by Crippen LogP contribution is 2.14. The molecule has 4 nitrogen and oxygen atoms in total. The van der Waals surface area contributed by atoms with Crippen LogP contribution in [0.4, 0.5) is 0 Å². The lowest BCUT2D eigenvalue weighted by Crippen LogP contribution is -2.22. The minimum Gasteiger partial charge on any atom is -0.348 e. The smallest absolute Gasteiger partial charge is 0.251 e. The highest BCUT2D eigenvalue weighted by molar-refractivity contribution is 5.94. The number of hydrogen-bond acceptors (Lipinski definition) is 2. The van der Waals surface area contributed by atoms with E-state index in [0.717, 1.165) is 16.6 Å². The summed E-state index contributed by atoms with van der Waals surface area (Å²) in [5.74, 6) is -0.0684. The summed E-state index contributed by atoms with van der Waals surface area (Å²) < 4.78 is 0. The quantitative estimate of drug-likeness (QED) is 0.751. The third-order valence-corrected chi connectivity index (χ3v) is 3.03. The summed E-state index contributed by atoms with van der Waals surface area (Å²) in [6.07, 6.45) is 3.59. The molecular formula is C15H13N3O. The Labute approximate surface area is 110 Å². The van der Waals surface area contributed by atoms with E-state index in [1.165, 1.54) is 0 Å². The van der Waals surface area contributed by atoms with Gasteiger partial charge in [-0.15, -0.1) is 0 Å². The minimum absolute atomic E-state index is 0.0684. The highest BCUT2D eigenvalue weighted by atomic mass is 16.1. The maximum atomic E-state index is 12.0. The average molecular weight is 251 g/mol. The third-order valence-electron chi connectivity index (χ3n) is 3.03. The highest BCUT2D eigenvalue weighted by Gasteiger charge is 2.06. The van der Waals surface area contributed by atoms with Crippen LogP contribution in [0, 0.1) is 0 Å². The van der Waals surface area contributed by atoms with Crippen LogP contribution in [0.25, 0.3) is 11.0 Å². The zero-order valence-corrected chi connectivity index (χ0v) is 10.3. The van der Waals surface area contributed by atoms with Gasteiger partial charge in [0.2, 0.25) is 0 Å². The van der Waals surface area contributed by atoms with Gasteiger partial charge in [0.25, 0.3) is 5.91 Å². The van der Waals surface area contributed by atoms with Crippen LogP contribution >= 0.6 is 0 Å². The molecule has 0 saturated carbocycles. The summed E-state index contributed by atoms with van der Waals surface area (Å²) in [6.45, 7) is 0.491. The van der Waals surface area contributed by atoms with Crippen LogP contribution in [0.15, 0.2) is 54.9 Å². The van der Waals surface area contributed by atoms with Gasteiger partial charge in [-0.1, -0.05) is 18.2 Å². The number of aromatic nitrogens is 2. The summed E-state index contributed by atoms with van der Waals surface area (Å²) >= 11 is 0. The van der Waals surface area contributed by atoms with E-state index in [-0.39, 0.29) is 5.91 Å². The van der Waals surface area contributed by atoms with E-state index in [1.54, 1.807) is 18.3 Å². The summed E-state index contributed by atoms with van der Waals surface area (Å²) in [7, 11) is 0. The van der Waals surface area contributed by atoms with Gasteiger partial charge >= 0.3 is 0 Å². The number of benzene rings is 1. The van der Waals surface area contributed by atoms with E-state index in [0.29, 0.717) is 12.1 Å². The number of carbonyl (C=O) groups is 1. The Morgan fingerprint density at radius 2 is 2.00 bits per heavy atom. The van der Waals surface area contributed by atoms with Crippen molar-refractivity contribution in [3.8, 4) is 0 Å². The van der Waals surface area contributed by atoms with Gasteiger partial charge in [0, 0.05) is 29.9 Å². The molecule has 0 saturated heterocycles. The SMILES string of the molecule is O=C(NCc1ccnc2[nH]ccc12)c1ccccc1. The number of fused-ring (bicyclic) bond motifs is 1. The number of nitrogens with zero attached hydrogens (tertiary/aromatic N) is 1. The molecule has 0 aliphatic heterocycles. The maximum absolute atomic E-state index is 12.0. The molecule has 0 radical (unpaired) electrons. The fourth-order valence-electron chi connectivity index (χ4n) is 2.04. The van der Waals surface area contributed by atoms with Gasteiger partial charge in [-0.05, 0) is 29.8 Å². The van der Waals surface area contributed by atoms with Crippen molar-refractivity contribution in [1.29, 1.82) is 0 Å². The molecule has 0 atom stereocenters. The fourth-order valence-corrected chi connectivity index (χ4v) is 2.04. The molecule has 0 spiro atoms. The van der Waals surface area contributed by atoms with Crippen LogP contribution in [0.5, 0.6) is 0 Å². The summed E-state index contributed by atoms with van der Waals surface area (Å²) in [4.78, 5) is 19.2. The van der Waals surface area contributed by atoms with Crippen molar-refractivity contribution in [2.24, 2.45) is 0 Å². The molecule has 94 valence electrons. The summed E-state index contributed by atoms with van der Waals surface area (Å²) in [5, 5.41) is 3.95. The van der Waals surface area contributed by atoms with Gasteiger partial charge in [-0.2, -0.15) is 0 Å². The second-order valence-corrected chi connectivity index (χ2v) is 4.26. The van der Waals surface area contributed by atoms with E-state index >= 15 is 0 Å². The molecule has 19 heavy (non-hydrogen) atoms. The molecule has 0 unspecified atom stereocenters. The van der Waals surface area contributed by atoms with Gasteiger partial charge in [0.05, 0.1) is 0 Å². The molecule has 0 aliphatic rings. The molecule has 1 aromatic carbocycles. The predicted molar refractivity (Wildman–Crippen MR) is 73.7 cm³/mol. The van der Waals surface area contributed by atoms with Crippen molar-refractivity contribution >= 4 is 16.9 Å². The van der Waals surface area contributed by atoms with E-state index in [2.05, 4.69) is 15.3 Å². The van der Waals surface area contributed by atoms with Crippen molar-refractivity contribution in [2.45, 2.75) is 6.54 Å². The summed E-state index contributed by atoms with van der Waals surface area (Å²) in [5.41, 5.74) is 2.56. The van der Waals surface area contributed by atoms with Gasteiger partial charge in [0.1, 0.15) is 5.65 Å². The van der Waals surface area contributed by atoms with Crippen molar-refractivity contribution in [2.75, 3.05) is 0 Å². The van der Waals surface area contributed by atoms with E-state index in [1.807, 2.05) is 36.5 Å². The lowest BCUT2D eigenvalue weighted by atomic mass is 10.1. The number of rotatable bonds is 3. The van der Waals surface area contributed by atoms with Crippen molar-refractivity contribution < 1.29 is 4.79 Å². The van der Waals surface area contributed by atoms with Gasteiger partial charge in [0.15, 0.2) is 0 Å². The molecular weight excluding hydrogens is 238 g/mol. The molecule has 4 heteroatoms. The number of carbonyl (C=O) groups excluding carboxylic acids is 1. The Bertz CT molecular complexity index is 703. The van der Waals surface area contributed by atoms with Crippen LogP contribution in [0.3, 0.4) is 0 Å². The van der Waals surface area contributed by atoms with E-state index < -0.39 is 0 Å². The van der Waals surface area contributed by atoms with Gasteiger partial charge in [-0.3, -0.25) is 4.79 Å². The number of H-pyrrole nitrogens is 1. The Morgan fingerprint density at radius 1 is 1.16 bits per heavy atom. The number of amides is 1. The fraction of sp³-hybridized carbons (Fsp3) is 0.0667. The summed E-state index contributed by atoms with van der Waals surface area (Å²) in [6, 6.07) is 13.1. The second-order valence-electron chi connectivity index (χ2n) is 4.26. The first-order valence-electron chi connectivity index (χ1n) is 6.09. The number of nitrogens with one attached hydrogen (secondary N) is 2. The molecule has 3 rings (SSSR count). The first-order valence-corrected chi connectivity index (χ1v) is 6.09. The van der Waals surface area contributed by atoms with E-state index in [9.17, 15) is 4.79 Å². The minimum atomic E-state index is -0.0684. The van der Waals surface area contributed by atoms with Crippen LogP contribution in [-0.4, -0.2) is 15.9 Å². The maximum Gasteiger partial charge on any atom is 0.251 e. The Hall–Kier alpha value is -2.62. The lowest BCUT2D eigenvalue weighted by Gasteiger charge is -2.06. The van der Waals surface area contributed by atoms with Crippen molar-refractivity contribution in [1.82, 2.24) is 15.3 Å². The van der Waals surface area contributed by atoms with Crippen LogP contribution < -0.4 is 5.32 Å². The zero-order valence-electron chi connectivity index (χ0n) is 10.3. The molecule has 0 bridgehead atoms. The Kier molecular flexibility index (Phi) is 2.98. The van der Waals surface area contributed by atoms with Crippen LogP contribution in [0.2, 0.25) is 0 Å². The first-order chi connectivity index (χ1) is 9.34. The molecule has 0 aliphatic carbocycles. The molecule has 3 aromatic rings. The molecule has 0 fully saturated rings. The second kappa shape index (κ2) is 4.94. The predicted octanol–water partition coefficient (Wildman–Crippen LogP) is 2.49. The lowest BCUT2D eigenvalue weighted by molar-refractivity contribution is 0.0951. The van der Waals surface area contributed by atoms with Crippen LogP contribution in [-0.2, 0) is 6.54 Å². The monoisotopic (exact) mass is 251 g/mol. The van der Waals surface area contributed by atoms with Gasteiger partial charge < -0.3 is 10.3 Å². The third kappa shape index (κ3) is 2.33. The Morgan fingerprint density at radius 3 is 2.84 bits per heavy atom. The molecule has 2 heterocycles. The molecule has 2 N–H and O–H groups in total. The van der Waals surface area contributed by atoms with E-state index in [4.69, 9.17) is 0 Å². The molecule has 1 amide bonds. The average Bonchev–Trinajstić information content (AvgIpc) is 2.94. The first kappa shape index (κ1) is 11.5. The number of aromatic amines is 1. The number of pyridine rings is 1. The largest absolute Gasteiger partial charge is 0.348 e. The topological polar surface area (TPSA) is 57.8 Å². The standard InChI is InChI=1S/C15H13N3O/c19-15(11-4-2-1-3-5-11)18-10-12-6-8-16-14-13(12)7-9-17-14/h1-9H,10H2,(H,16,17)(H,18,19). The Balaban J connectivity index is 1.76. The molecule has 2 aromatic heterocycles. The van der Waals surface area contributed by atoms with Gasteiger partial charge in [-0.25, -0.2) is 4.98 Å². The van der Waals surface area contributed by atoms with Crippen molar-refractivity contribution in [3.05, 3.63) is 66.0 Å². The zero-order chi connectivity index (χ0) is 13.1.